The molecule has 1 aromatic carbocycles. The van der Waals surface area contributed by atoms with Gasteiger partial charge in [0, 0.05) is 11.8 Å². The Kier molecular flexibility index (Phi) is 3.20. The van der Waals surface area contributed by atoms with Crippen LogP contribution in [0.3, 0.4) is 0 Å². The number of ether oxygens (including phenoxy) is 1. The van der Waals surface area contributed by atoms with Crippen molar-refractivity contribution in [2.75, 3.05) is 13.0 Å². The highest BCUT2D eigenvalue weighted by molar-refractivity contribution is 6.18. The van der Waals surface area contributed by atoms with Crippen LogP contribution in [0.1, 0.15) is 29.9 Å². The molecule has 1 aliphatic rings. The summed E-state index contributed by atoms with van der Waals surface area (Å²) in [6, 6.07) is 6.34. The van der Waals surface area contributed by atoms with Gasteiger partial charge in [-0.25, -0.2) is 0 Å². The van der Waals surface area contributed by atoms with E-state index in [0.29, 0.717) is 11.8 Å². The molecule has 82 valence electrons. The highest BCUT2D eigenvalue weighted by Crippen LogP contribution is 2.45. The Balaban J connectivity index is 2.34. The van der Waals surface area contributed by atoms with E-state index in [1.807, 2.05) is 6.07 Å². The minimum absolute atomic E-state index is 0.474. The van der Waals surface area contributed by atoms with Crippen molar-refractivity contribution in [2.24, 2.45) is 5.92 Å². The largest absolute Gasteiger partial charge is 0.496 e. The van der Waals surface area contributed by atoms with E-state index in [4.69, 9.17) is 16.3 Å². The van der Waals surface area contributed by atoms with Gasteiger partial charge in [-0.05, 0) is 37.3 Å². The van der Waals surface area contributed by atoms with Crippen LogP contribution in [0.25, 0.3) is 0 Å². The van der Waals surface area contributed by atoms with Crippen LogP contribution in [0, 0.1) is 12.8 Å². The minimum atomic E-state index is 0.474. The zero-order valence-corrected chi connectivity index (χ0v) is 10.1. The monoisotopic (exact) mass is 224 g/mol. The maximum atomic E-state index is 6.06. The highest BCUT2D eigenvalue weighted by atomic mass is 35.5. The van der Waals surface area contributed by atoms with Gasteiger partial charge in [-0.2, -0.15) is 0 Å². The quantitative estimate of drug-likeness (QED) is 0.708. The fraction of sp³-hybridized carbons (Fsp3) is 0.538. The first kappa shape index (κ1) is 10.8. The average Bonchev–Trinajstić information content (AvgIpc) is 3.04. The standard InChI is InChI=1S/C13H17ClO/c1-9-3-6-13(15-2)11(7-9)12(8-14)10-4-5-10/h3,6-7,10,12H,4-5,8H2,1-2H3. The third-order valence-corrected chi connectivity index (χ3v) is 3.47. The Morgan fingerprint density at radius 2 is 2.20 bits per heavy atom. The van der Waals surface area contributed by atoms with Crippen molar-refractivity contribution in [2.45, 2.75) is 25.7 Å². The number of rotatable bonds is 4. The van der Waals surface area contributed by atoms with Gasteiger partial charge in [0.1, 0.15) is 5.75 Å². The number of methoxy groups -OCH3 is 1. The molecule has 0 N–H and O–H groups in total. The van der Waals surface area contributed by atoms with E-state index in [1.165, 1.54) is 24.0 Å². The van der Waals surface area contributed by atoms with Crippen molar-refractivity contribution < 1.29 is 4.74 Å². The molecule has 0 radical (unpaired) electrons. The number of alkyl halides is 1. The summed E-state index contributed by atoms with van der Waals surface area (Å²) < 4.78 is 5.40. The van der Waals surface area contributed by atoms with Crippen LogP contribution < -0.4 is 4.74 Å². The van der Waals surface area contributed by atoms with Gasteiger partial charge < -0.3 is 4.74 Å². The van der Waals surface area contributed by atoms with Crippen LogP contribution >= 0.6 is 11.6 Å². The highest BCUT2D eigenvalue weighted by Gasteiger charge is 2.33. The molecule has 1 aliphatic carbocycles. The molecule has 0 saturated heterocycles. The second kappa shape index (κ2) is 4.44. The summed E-state index contributed by atoms with van der Waals surface area (Å²) >= 11 is 6.06. The maximum absolute atomic E-state index is 6.06. The van der Waals surface area contributed by atoms with E-state index in [2.05, 4.69) is 19.1 Å². The Morgan fingerprint density at radius 3 is 2.73 bits per heavy atom. The molecular formula is C13H17ClO. The second-order valence-corrected chi connectivity index (χ2v) is 4.65. The van der Waals surface area contributed by atoms with Crippen LogP contribution in [0.15, 0.2) is 18.2 Å². The van der Waals surface area contributed by atoms with E-state index in [-0.39, 0.29) is 0 Å². The van der Waals surface area contributed by atoms with E-state index in [9.17, 15) is 0 Å². The molecule has 15 heavy (non-hydrogen) atoms. The third kappa shape index (κ3) is 2.28. The summed E-state index contributed by atoms with van der Waals surface area (Å²) in [5.74, 6) is 2.93. The van der Waals surface area contributed by atoms with Crippen LogP contribution in [-0.4, -0.2) is 13.0 Å². The van der Waals surface area contributed by atoms with Gasteiger partial charge in [0.05, 0.1) is 7.11 Å². The SMILES string of the molecule is COc1ccc(C)cc1C(CCl)C1CC1. The average molecular weight is 225 g/mol. The molecule has 0 aromatic heterocycles. The van der Waals surface area contributed by atoms with Crippen LogP contribution in [0.4, 0.5) is 0 Å². The normalized spacial score (nSPS) is 17.5. The van der Waals surface area contributed by atoms with Gasteiger partial charge in [-0.3, -0.25) is 0 Å². The first-order chi connectivity index (χ1) is 7.26. The topological polar surface area (TPSA) is 9.23 Å². The Morgan fingerprint density at radius 1 is 1.47 bits per heavy atom. The van der Waals surface area contributed by atoms with Crippen LogP contribution in [-0.2, 0) is 0 Å². The molecule has 1 unspecified atom stereocenters. The van der Waals surface area contributed by atoms with Crippen LogP contribution in [0.5, 0.6) is 5.75 Å². The van der Waals surface area contributed by atoms with E-state index >= 15 is 0 Å². The lowest BCUT2D eigenvalue weighted by atomic mass is 9.94. The van der Waals surface area contributed by atoms with E-state index in [0.717, 1.165) is 11.7 Å². The lowest BCUT2D eigenvalue weighted by Gasteiger charge is -2.17. The molecule has 2 rings (SSSR count). The van der Waals surface area contributed by atoms with Gasteiger partial charge in [-0.15, -0.1) is 11.6 Å². The van der Waals surface area contributed by atoms with Crippen molar-refractivity contribution in [3.8, 4) is 5.75 Å². The predicted molar refractivity (Wildman–Crippen MR) is 63.9 cm³/mol. The number of hydrogen-bond acceptors (Lipinski definition) is 1. The Hall–Kier alpha value is -0.690. The zero-order chi connectivity index (χ0) is 10.8. The molecule has 1 fully saturated rings. The first-order valence-corrected chi connectivity index (χ1v) is 6.00. The van der Waals surface area contributed by atoms with Crippen molar-refractivity contribution >= 4 is 11.6 Å². The van der Waals surface area contributed by atoms with Crippen molar-refractivity contribution in [1.29, 1.82) is 0 Å². The Labute approximate surface area is 96.4 Å². The molecular weight excluding hydrogens is 208 g/mol. The molecule has 0 spiro atoms. The van der Waals surface area contributed by atoms with Crippen molar-refractivity contribution in [1.82, 2.24) is 0 Å². The first-order valence-electron chi connectivity index (χ1n) is 5.46. The van der Waals surface area contributed by atoms with Crippen molar-refractivity contribution in [3.63, 3.8) is 0 Å². The van der Waals surface area contributed by atoms with E-state index < -0.39 is 0 Å². The number of hydrogen-bond donors (Lipinski definition) is 0. The lowest BCUT2D eigenvalue weighted by Crippen LogP contribution is -2.05. The van der Waals surface area contributed by atoms with Gasteiger partial charge >= 0.3 is 0 Å². The second-order valence-electron chi connectivity index (χ2n) is 4.34. The third-order valence-electron chi connectivity index (χ3n) is 3.14. The number of benzene rings is 1. The summed E-state index contributed by atoms with van der Waals surface area (Å²) in [5.41, 5.74) is 2.57. The summed E-state index contributed by atoms with van der Waals surface area (Å²) in [7, 11) is 1.73. The molecule has 0 amide bonds. The number of aryl methyl sites for hydroxylation is 1. The van der Waals surface area contributed by atoms with Crippen molar-refractivity contribution in [3.05, 3.63) is 29.3 Å². The summed E-state index contributed by atoms with van der Waals surface area (Å²) in [4.78, 5) is 0. The molecule has 2 heteroatoms. The van der Waals surface area contributed by atoms with Crippen LogP contribution in [0.2, 0.25) is 0 Å². The summed E-state index contributed by atoms with van der Waals surface area (Å²) in [5, 5.41) is 0. The van der Waals surface area contributed by atoms with Gasteiger partial charge in [0.15, 0.2) is 0 Å². The fourth-order valence-corrected chi connectivity index (χ4v) is 2.52. The molecule has 1 saturated carbocycles. The maximum Gasteiger partial charge on any atom is 0.122 e. The molecule has 1 atom stereocenters. The fourth-order valence-electron chi connectivity index (χ4n) is 2.11. The Bertz CT molecular complexity index is 344. The molecule has 1 aromatic rings. The minimum Gasteiger partial charge on any atom is -0.496 e. The van der Waals surface area contributed by atoms with Gasteiger partial charge in [0.25, 0.3) is 0 Å². The molecule has 0 heterocycles. The van der Waals surface area contributed by atoms with Gasteiger partial charge in [-0.1, -0.05) is 17.7 Å². The zero-order valence-electron chi connectivity index (χ0n) is 9.29. The molecule has 1 nitrogen and oxygen atoms in total. The lowest BCUT2D eigenvalue weighted by molar-refractivity contribution is 0.404. The van der Waals surface area contributed by atoms with Gasteiger partial charge in [0.2, 0.25) is 0 Å². The molecule has 0 bridgehead atoms. The number of halogens is 1. The molecule has 0 aliphatic heterocycles. The smallest absolute Gasteiger partial charge is 0.122 e. The summed E-state index contributed by atoms with van der Waals surface area (Å²) in [6.07, 6.45) is 2.63. The van der Waals surface area contributed by atoms with E-state index in [1.54, 1.807) is 7.11 Å². The summed E-state index contributed by atoms with van der Waals surface area (Å²) in [6.45, 7) is 2.11. The predicted octanol–water partition coefficient (Wildman–Crippen LogP) is 3.74.